The van der Waals surface area contributed by atoms with Crippen LogP contribution in [0.2, 0.25) is 0 Å². The number of nitriles is 1. The molecule has 0 radical (unpaired) electrons. The molecule has 1 fully saturated rings. The Kier molecular flexibility index (Phi) is 4.31. The van der Waals surface area contributed by atoms with Gasteiger partial charge in [-0.15, -0.1) is 11.8 Å². The number of carbonyl (C=O) groups is 2. The summed E-state index contributed by atoms with van der Waals surface area (Å²) in [7, 11) is 0. The molecule has 120 valence electrons. The van der Waals surface area contributed by atoms with Crippen LogP contribution in [0.25, 0.3) is 0 Å². The van der Waals surface area contributed by atoms with E-state index in [1.807, 2.05) is 13.0 Å². The zero-order chi connectivity index (χ0) is 16.4. The van der Waals surface area contributed by atoms with Gasteiger partial charge < -0.3 is 10.6 Å². The van der Waals surface area contributed by atoms with E-state index < -0.39 is 5.54 Å². The van der Waals surface area contributed by atoms with Gasteiger partial charge in [0.15, 0.2) is 0 Å². The van der Waals surface area contributed by atoms with Gasteiger partial charge in [-0.3, -0.25) is 9.59 Å². The van der Waals surface area contributed by atoms with E-state index >= 15 is 0 Å². The van der Waals surface area contributed by atoms with Gasteiger partial charge in [0.1, 0.15) is 5.54 Å². The molecule has 1 aliphatic carbocycles. The van der Waals surface area contributed by atoms with Crippen LogP contribution in [0.1, 0.15) is 49.4 Å². The van der Waals surface area contributed by atoms with E-state index in [1.54, 1.807) is 12.1 Å². The Labute approximate surface area is 139 Å². The fraction of sp³-hybridized carbons (Fsp3) is 0.471. The Morgan fingerprint density at radius 3 is 2.83 bits per heavy atom. The van der Waals surface area contributed by atoms with Crippen molar-refractivity contribution in [3.05, 3.63) is 23.8 Å². The van der Waals surface area contributed by atoms with Crippen LogP contribution in [0.4, 0.5) is 5.69 Å². The SMILES string of the molecule is C[C@H]1Sc2ccc(C(=O)NC3(C#N)CCCCC3)cc2NC1=O. The topological polar surface area (TPSA) is 82.0 Å². The van der Waals surface area contributed by atoms with E-state index in [0.717, 1.165) is 24.2 Å². The molecule has 3 rings (SSSR count). The molecule has 1 heterocycles. The molecule has 1 atom stereocenters. The number of carbonyl (C=O) groups excluding carboxylic acids is 2. The maximum atomic E-state index is 12.5. The van der Waals surface area contributed by atoms with E-state index in [9.17, 15) is 14.9 Å². The molecule has 1 aromatic carbocycles. The average molecular weight is 329 g/mol. The minimum Gasteiger partial charge on any atom is -0.334 e. The number of hydrogen-bond donors (Lipinski definition) is 2. The number of hydrogen-bond acceptors (Lipinski definition) is 4. The summed E-state index contributed by atoms with van der Waals surface area (Å²) >= 11 is 1.48. The van der Waals surface area contributed by atoms with Crippen molar-refractivity contribution in [1.29, 1.82) is 5.26 Å². The number of thioether (sulfide) groups is 1. The zero-order valence-corrected chi connectivity index (χ0v) is 13.8. The third-order valence-electron chi connectivity index (χ3n) is 4.45. The van der Waals surface area contributed by atoms with Crippen molar-refractivity contribution in [3.8, 4) is 6.07 Å². The second-order valence-electron chi connectivity index (χ2n) is 6.17. The summed E-state index contributed by atoms with van der Waals surface area (Å²) in [5.41, 5.74) is 0.386. The quantitative estimate of drug-likeness (QED) is 0.873. The van der Waals surface area contributed by atoms with Crippen LogP contribution < -0.4 is 10.6 Å². The summed E-state index contributed by atoms with van der Waals surface area (Å²) < 4.78 is 0. The lowest BCUT2D eigenvalue weighted by Crippen LogP contribution is -2.48. The number of amides is 2. The lowest BCUT2D eigenvalue weighted by molar-refractivity contribution is -0.115. The van der Waals surface area contributed by atoms with Crippen LogP contribution in [0.5, 0.6) is 0 Å². The molecule has 1 saturated carbocycles. The Balaban J connectivity index is 1.79. The molecule has 6 heteroatoms. The van der Waals surface area contributed by atoms with Gasteiger partial charge in [-0.1, -0.05) is 19.3 Å². The molecule has 23 heavy (non-hydrogen) atoms. The summed E-state index contributed by atoms with van der Waals surface area (Å²) in [4.78, 5) is 25.3. The second-order valence-corrected chi connectivity index (χ2v) is 7.55. The molecular weight excluding hydrogens is 310 g/mol. The summed E-state index contributed by atoms with van der Waals surface area (Å²) in [6.07, 6.45) is 4.43. The minimum absolute atomic E-state index is 0.0548. The molecule has 0 unspecified atom stereocenters. The summed E-state index contributed by atoms with van der Waals surface area (Å²) in [6.45, 7) is 1.85. The van der Waals surface area contributed by atoms with Crippen LogP contribution in [-0.2, 0) is 4.79 Å². The lowest BCUT2D eigenvalue weighted by Gasteiger charge is -2.31. The largest absolute Gasteiger partial charge is 0.334 e. The fourth-order valence-electron chi connectivity index (χ4n) is 3.06. The van der Waals surface area contributed by atoms with Gasteiger partial charge in [-0.2, -0.15) is 5.26 Å². The Morgan fingerprint density at radius 2 is 2.13 bits per heavy atom. The van der Waals surface area contributed by atoms with Crippen LogP contribution in [-0.4, -0.2) is 22.6 Å². The first-order chi connectivity index (χ1) is 11.0. The van der Waals surface area contributed by atoms with Gasteiger partial charge in [-0.05, 0) is 38.0 Å². The lowest BCUT2D eigenvalue weighted by atomic mass is 9.82. The van der Waals surface area contributed by atoms with E-state index in [4.69, 9.17) is 0 Å². The van der Waals surface area contributed by atoms with Crippen molar-refractivity contribution in [2.45, 2.75) is 54.7 Å². The third-order valence-corrected chi connectivity index (χ3v) is 5.62. The summed E-state index contributed by atoms with van der Waals surface area (Å²) in [5.74, 6) is -0.310. The number of rotatable bonds is 2. The number of anilines is 1. The van der Waals surface area contributed by atoms with Gasteiger partial charge in [0.2, 0.25) is 5.91 Å². The standard InChI is InChI=1S/C17H19N3O2S/c1-11-15(21)19-13-9-12(5-6-14(13)23-11)16(22)20-17(10-18)7-3-2-4-8-17/h5-6,9,11H,2-4,7-8H2,1H3,(H,19,21)(H,20,22)/t11-/m1/s1. The van der Waals surface area contributed by atoms with Gasteiger partial charge in [-0.25, -0.2) is 0 Å². The molecule has 2 aliphatic rings. The van der Waals surface area contributed by atoms with Crippen LogP contribution >= 0.6 is 11.8 Å². The van der Waals surface area contributed by atoms with Gasteiger partial charge in [0.05, 0.1) is 17.0 Å². The number of nitrogens with zero attached hydrogens (tertiary/aromatic N) is 1. The molecule has 0 saturated heterocycles. The molecule has 2 N–H and O–H groups in total. The predicted molar refractivity (Wildman–Crippen MR) is 89.3 cm³/mol. The van der Waals surface area contributed by atoms with E-state index in [0.29, 0.717) is 24.1 Å². The zero-order valence-electron chi connectivity index (χ0n) is 13.0. The normalized spacial score (nSPS) is 22.4. The van der Waals surface area contributed by atoms with Crippen molar-refractivity contribution in [3.63, 3.8) is 0 Å². The van der Waals surface area contributed by atoms with Crippen molar-refractivity contribution in [1.82, 2.24) is 5.32 Å². The molecule has 5 nitrogen and oxygen atoms in total. The summed E-state index contributed by atoms with van der Waals surface area (Å²) in [6, 6.07) is 7.58. The Morgan fingerprint density at radius 1 is 1.39 bits per heavy atom. The number of benzene rings is 1. The summed E-state index contributed by atoms with van der Waals surface area (Å²) in [5, 5.41) is 15.1. The van der Waals surface area contributed by atoms with Gasteiger partial charge in [0, 0.05) is 10.5 Å². The first-order valence-electron chi connectivity index (χ1n) is 7.88. The monoisotopic (exact) mass is 329 g/mol. The number of fused-ring (bicyclic) bond motifs is 1. The molecule has 0 aromatic heterocycles. The molecule has 0 bridgehead atoms. The van der Waals surface area contributed by atoms with Crippen LogP contribution in [0.3, 0.4) is 0 Å². The predicted octanol–water partition coefficient (Wildman–Crippen LogP) is 3.08. The highest BCUT2D eigenvalue weighted by atomic mass is 32.2. The Hall–Kier alpha value is -2.00. The van der Waals surface area contributed by atoms with Crippen molar-refractivity contribution in [2.75, 3.05) is 5.32 Å². The highest BCUT2D eigenvalue weighted by molar-refractivity contribution is 8.00. The smallest absolute Gasteiger partial charge is 0.252 e. The molecule has 1 aliphatic heterocycles. The molecule has 2 amide bonds. The van der Waals surface area contributed by atoms with E-state index in [2.05, 4.69) is 16.7 Å². The van der Waals surface area contributed by atoms with Crippen molar-refractivity contribution in [2.24, 2.45) is 0 Å². The van der Waals surface area contributed by atoms with E-state index in [-0.39, 0.29) is 17.1 Å². The second kappa shape index (κ2) is 6.25. The van der Waals surface area contributed by atoms with Crippen molar-refractivity contribution >= 4 is 29.3 Å². The van der Waals surface area contributed by atoms with Gasteiger partial charge in [0.25, 0.3) is 5.91 Å². The van der Waals surface area contributed by atoms with Crippen LogP contribution in [0, 0.1) is 11.3 Å². The fourth-order valence-corrected chi connectivity index (χ4v) is 3.99. The van der Waals surface area contributed by atoms with Crippen molar-refractivity contribution < 1.29 is 9.59 Å². The molecule has 1 aromatic rings. The minimum atomic E-state index is -0.752. The molecular formula is C17H19N3O2S. The number of nitrogens with one attached hydrogen (secondary N) is 2. The van der Waals surface area contributed by atoms with E-state index in [1.165, 1.54) is 11.8 Å². The maximum absolute atomic E-state index is 12.5. The third kappa shape index (κ3) is 3.20. The highest BCUT2D eigenvalue weighted by Crippen LogP contribution is 2.36. The first kappa shape index (κ1) is 15.9. The highest BCUT2D eigenvalue weighted by Gasteiger charge is 2.34. The Bertz CT molecular complexity index is 690. The molecule has 0 spiro atoms. The average Bonchev–Trinajstić information content (AvgIpc) is 2.56. The first-order valence-corrected chi connectivity index (χ1v) is 8.76. The van der Waals surface area contributed by atoms with Crippen LogP contribution in [0.15, 0.2) is 23.1 Å². The maximum Gasteiger partial charge on any atom is 0.252 e. The van der Waals surface area contributed by atoms with Gasteiger partial charge >= 0.3 is 0 Å².